The van der Waals surface area contributed by atoms with Gasteiger partial charge in [-0.15, -0.1) is 0 Å². The summed E-state index contributed by atoms with van der Waals surface area (Å²) in [6, 6.07) is 9.14. The molecule has 1 aromatic carbocycles. The fourth-order valence-electron chi connectivity index (χ4n) is 1.47. The minimum Gasteiger partial charge on any atom is -0.456 e. The summed E-state index contributed by atoms with van der Waals surface area (Å²) >= 11 is 3.32. The summed E-state index contributed by atoms with van der Waals surface area (Å²) in [5, 5.41) is 8.70. The summed E-state index contributed by atoms with van der Waals surface area (Å²) in [7, 11) is 0. The highest BCUT2D eigenvalue weighted by atomic mass is 79.9. The number of rotatable bonds is 3. The van der Waals surface area contributed by atoms with E-state index in [2.05, 4.69) is 27.0 Å². The van der Waals surface area contributed by atoms with E-state index in [0.29, 0.717) is 17.2 Å². The highest BCUT2D eigenvalue weighted by Crippen LogP contribution is 2.26. The van der Waals surface area contributed by atoms with Crippen LogP contribution in [0, 0.1) is 11.3 Å². The molecular weight excluding hydrogens is 294 g/mol. The molecule has 0 unspecified atom stereocenters. The molecule has 2 N–H and O–H groups in total. The van der Waals surface area contributed by atoms with Crippen molar-refractivity contribution >= 4 is 21.6 Å². The van der Waals surface area contributed by atoms with Crippen molar-refractivity contribution in [2.24, 2.45) is 0 Å². The second-order valence-electron chi connectivity index (χ2n) is 3.64. The molecule has 4 nitrogen and oxygen atoms in total. The number of nitriles is 1. The first-order chi connectivity index (χ1) is 8.69. The SMILES string of the molecule is N#CCc1cc(Oc2cncc(Br)c2)ccc1N. The fraction of sp³-hybridized carbons (Fsp3) is 0.0769. The lowest BCUT2D eigenvalue weighted by Gasteiger charge is -2.08. The number of hydrogen-bond acceptors (Lipinski definition) is 4. The van der Waals surface area contributed by atoms with E-state index in [1.165, 1.54) is 0 Å². The molecule has 18 heavy (non-hydrogen) atoms. The summed E-state index contributed by atoms with van der Waals surface area (Å²) in [6.07, 6.45) is 3.56. The molecule has 90 valence electrons. The minimum absolute atomic E-state index is 0.264. The molecule has 5 heteroatoms. The molecule has 0 bridgehead atoms. The van der Waals surface area contributed by atoms with Gasteiger partial charge in [0.1, 0.15) is 11.5 Å². The molecule has 2 rings (SSSR count). The Balaban J connectivity index is 2.24. The number of nitrogens with zero attached hydrogens (tertiary/aromatic N) is 2. The Kier molecular flexibility index (Phi) is 3.80. The van der Waals surface area contributed by atoms with E-state index in [0.717, 1.165) is 10.0 Å². The number of nitrogen functional groups attached to an aromatic ring is 1. The van der Waals surface area contributed by atoms with Crippen molar-refractivity contribution in [1.29, 1.82) is 5.26 Å². The lowest BCUT2D eigenvalue weighted by atomic mass is 10.1. The zero-order chi connectivity index (χ0) is 13.0. The van der Waals surface area contributed by atoms with Crippen LogP contribution in [0.2, 0.25) is 0 Å². The Bertz CT molecular complexity index is 607. The number of aromatic nitrogens is 1. The van der Waals surface area contributed by atoms with Crippen LogP contribution in [-0.2, 0) is 6.42 Å². The molecule has 0 atom stereocenters. The van der Waals surface area contributed by atoms with Crippen molar-refractivity contribution < 1.29 is 4.74 Å². The molecule has 1 heterocycles. The topological polar surface area (TPSA) is 71.9 Å². The maximum Gasteiger partial charge on any atom is 0.146 e. The fourth-order valence-corrected chi connectivity index (χ4v) is 1.81. The second kappa shape index (κ2) is 5.52. The van der Waals surface area contributed by atoms with E-state index >= 15 is 0 Å². The summed E-state index contributed by atoms with van der Waals surface area (Å²) in [4.78, 5) is 4.01. The maximum absolute atomic E-state index is 8.70. The van der Waals surface area contributed by atoms with Gasteiger partial charge in [-0.2, -0.15) is 5.26 Å². The molecule has 0 saturated carbocycles. The number of hydrogen-bond donors (Lipinski definition) is 1. The third-order valence-corrected chi connectivity index (χ3v) is 2.73. The number of benzene rings is 1. The van der Waals surface area contributed by atoms with Gasteiger partial charge in [0.15, 0.2) is 0 Å². The zero-order valence-corrected chi connectivity index (χ0v) is 11.0. The molecule has 0 aliphatic heterocycles. The van der Waals surface area contributed by atoms with Crippen molar-refractivity contribution in [1.82, 2.24) is 4.98 Å². The Morgan fingerprint density at radius 3 is 2.83 bits per heavy atom. The summed E-state index contributed by atoms with van der Waals surface area (Å²) in [5.41, 5.74) is 7.12. The summed E-state index contributed by atoms with van der Waals surface area (Å²) < 4.78 is 6.48. The number of pyridine rings is 1. The van der Waals surface area contributed by atoms with E-state index in [9.17, 15) is 0 Å². The number of anilines is 1. The third-order valence-electron chi connectivity index (χ3n) is 2.30. The van der Waals surface area contributed by atoms with Gasteiger partial charge < -0.3 is 10.5 Å². The van der Waals surface area contributed by atoms with E-state index in [1.807, 2.05) is 6.07 Å². The Morgan fingerprint density at radius 1 is 1.28 bits per heavy atom. The third kappa shape index (κ3) is 2.99. The van der Waals surface area contributed by atoms with Crippen LogP contribution in [-0.4, -0.2) is 4.98 Å². The van der Waals surface area contributed by atoms with Gasteiger partial charge in [0.2, 0.25) is 0 Å². The van der Waals surface area contributed by atoms with Crippen LogP contribution < -0.4 is 10.5 Å². The van der Waals surface area contributed by atoms with Crippen LogP contribution in [0.3, 0.4) is 0 Å². The van der Waals surface area contributed by atoms with Crippen LogP contribution in [0.5, 0.6) is 11.5 Å². The van der Waals surface area contributed by atoms with Crippen molar-refractivity contribution in [3.05, 3.63) is 46.7 Å². The predicted molar refractivity (Wildman–Crippen MR) is 72.2 cm³/mol. The van der Waals surface area contributed by atoms with Gasteiger partial charge in [0.05, 0.1) is 18.7 Å². The average Bonchev–Trinajstić information content (AvgIpc) is 2.34. The van der Waals surface area contributed by atoms with Gasteiger partial charge >= 0.3 is 0 Å². The molecule has 0 aliphatic carbocycles. The standard InChI is InChI=1S/C13H10BrN3O/c14-10-6-12(8-17-7-10)18-11-1-2-13(16)9(5-11)3-4-15/h1-2,5-8H,3,16H2. The Morgan fingerprint density at radius 2 is 2.11 bits per heavy atom. The predicted octanol–water partition coefficient (Wildman–Crippen LogP) is 3.28. The molecule has 0 aliphatic rings. The number of nitrogens with two attached hydrogens (primary N) is 1. The van der Waals surface area contributed by atoms with Gasteiger partial charge in [-0.25, -0.2) is 0 Å². The van der Waals surface area contributed by atoms with Gasteiger partial charge in [-0.3, -0.25) is 4.98 Å². The van der Waals surface area contributed by atoms with Crippen molar-refractivity contribution in [3.63, 3.8) is 0 Å². The maximum atomic E-state index is 8.70. The first-order valence-corrected chi connectivity index (χ1v) is 6.02. The van der Waals surface area contributed by atoms with Crippen LogP contribution in [0.15, 0.2) is 41.1 Å². The Labute approximate surface area is 113 Å². The second-order valence-corrected chi connectivity index (χ2v) is 4.55. The van der Waals surface area contributed by atoms with E-state index in [-0.39, 0.29) is 6.42 Å². The van der Waals surface area contributed by atoms with Crippen LogP contribution in [0.25, 0.3) is 0 Å². The number of halogens is 1. The summed E-state index contributed by atoms with van der Waals surface area (Å²) in [6.45, 7) is 0. The largest absolute Gasteiger partial charge is 0.456 e. The zero-order valence-electron chi connectivity index (χ0n) is 9.43. The molecule has 0 saturated heterocycles. The molecule has 0 fully saturated rings. The highest BCUT2D eigenvalue weighted by molar-refractivity contribution is 9.10. The molecule has 1 aromatic heterocycles. The lowest BCUT2D eigenvalue weighted by Crippen LogP contribution is -1.94. The first-order valence-electron chi connectivity index (χ1n) is 5.23. The van der Waals surface area contributed by atoms with E-state index < -0.39 is 0 Å². The van der Waals surface area contributed by atoms with E-state index in [4.69, 9.17) is 15.7 Å². The molecule has 0 radical (unpaired) electrons. The van der Waals surface area contributed by atoms with Crippen molar-refractivity contribution in [2.75, 3.05) is 5.73 Å². The van der Waals surface area contributed by atoms with Crippen molar-refractivity contribution in [3.8, 4) is 17.6 Å². The first kappa shape index (κ1) is 12.4. The van der Waals surface area contributed by atoms with Crippen LogP contribution in [0.4, 0.5) is 5.69 Å². The molecule has 0 amide bonds. The van der Waals surface area contributed by atoms with Crippen LogP contribution >= 0.6 is 15.9 Å². The van der Waals surface area contributed by atoms with Gasteiger partial charge in [0, 0.05) is 16.4 Å². The quantitative estimate of drug-likeness (QED) is 0.883. The molecular formula is C13H10BrN3O. The average molecular weight is 304 g/mol. The minimum atomic E-state index is 0.264. The van der Waals surface area contributed by atoms with Crippen LogP contribution in [0.1, 0.15) is 5.56 Å². The van der Waals surface area contributed by atoms with Crippen molar-refractivity contribution in [2.45, 2.75) is 6.42 Å². The molecule has 2 aromatic rings. The summed E-state index contributed by atoms with van der Waals surface area (Å²) in [5.74, 6) is 1.26. The number of ether oxygens (including phenoxy) is 1. The normalized spacial score (nSPS) is 9.78. The smallest absolute Gasteiger partial charge is 0.146 e. The highest BCUT2D eigenvalue weighted by Gasteiger charge is 2.03. The van der Waals surface area contributed by atoms with Gasteiger partial charge in [-0.05, 0) is 45.8 Å². The van der Waals surface area contributed by atoms with Gasteiger partial charge in [0.25, 0.3) is 0 Å². The van der Waals surface area contributed by atoms with Gasteiger partial charge in [-0.1, -0.05) is 0 Å². The van der Waals surface area contributed by atoms with E-state index in [1.54, 1.807) is 30.6 Å². The monoisotopic (exact) mass is 303 g/mol. The Hall–Kier alpha value is -2.06. The lowest BCUT2D eigenvalue weighted by molar-refractivity contribution is 0.479. The molecule has 0 spiro atoms.